The Morgan fingerprint density at radius 1 is 0.440 bits per heavy atom. The van der Waals surface area contributed by atoms with Crippen molar-refractivity contribution in [1.29, 1.82) is 0 Å². The van der Waals surface area contributed by atoms with Crippen molar-refractivity contribution in [2.45, 2.75) is 333 Å². The minimum Gasteiger partial charge on any atom is -0.744 e. The van der Waals surface area contributed by atoms with Crippen LogP contribution in [0, 0.1) is 58.7 Å². The average Bonchev–Trinajstić information content (AvgIpc) is 0.749. The summed E-state index contributed by atoms with van der Waals surface area (Å²) in [6, 6.07) is 73.6. The van der Waals surface area contributed by atoms with Gasteiger partial charge in [-0.15, -0.1) is 0 Å². The molecule has 134 heavy (non-hydrogen) atoms. The summed E-state index contributed by atoms with van der Waals surface area (Å²) in [4.78, 5) is 26.9. The van der Waals surface area contributed by atoms with E-state index in [0.29, 0.717) is 76.4 Å². The molecule has 0 aliphatic heterocycles. The van der Waals surface area contributed by atoms with Gasteiger partial charge in [-0.2, -0.15) is 8.78 Å². The number of aromatic hydroxyl groups is 2. The molecule has 0 heterocycles. The number of hydrogen-bond acceptors (Lipinski definition) is 13. The first-order chi connectivity index (χ1) is 63.4. The molecule has 8 bridgehead atoms. The summed E-state index contributed by atoms with van der Waals surface area (Å²) < 4.78 is 119. The van der Waals surface area contributed by atoms with Crippen molar-refractivity contribution in [2.75, 3.05) is 6.61 Å². The predicted octanol–water partition coefficient (Wildman–Crippen LogP) is 29.4. The van der Waals surface area contributed by atoms with Crippen molar-refractivity contribution in [3.63, 3.8) is 0 Å². The third-order valence-corrected chi connectivity index (χ3v) is 31.7. The second kappa shape index (κ2) is 55.5. The molecule has 9 aromatic carbocycles. The Balaban J connectivity index is 0.000000233. The number of carbonyl (C=O) groups is 2. The van der Waals surface area contributed by atoms with E-state index in [1.54, 1.807) is 48.5 Å². The SMILES string of the molecule is CCC(C)(C)C(=O)OC1(CC)C2CC3CC(C2)CC1C3.CCC(C)C(=O)OC1(C)C2CC3CC(C2)CC1C3.CCC(C)c1ccc(O)cc1.CCC(C)c1ccc(O)cc1.CCC(C)c1ccc(OCCC(F)C(F)(F)S(=O)(=O)[O-])cc1.CCC(C)c1ccc(S(=O)(=O)[O-])cc1.CCC(C)c1cccc2ccccc12.CCC(C)c1ccccc1.[SH2+]c1ccccc1.[SH2+]c1ccccc1. The van der Waals surface area contributed by atoms with Crippen LogP contribution in [0.2, 0.25) is 0 Å². The fraction of sp³-hybridized carbons (Fsp3) is 0.526. The number of rotatable bonds is 26. The lowest BCUT2D eigenvalue weighted by atomic mass is 9.49. The maximum Gasteiger partial charge on any atom is 0.364 e. The Morgan fingerprint density at radius 3 is 1.13 bits per heavy atom. The van der Waals surface area contributed by atoms with E-state index in [0.717, 1.165) is 89.5 Å². The molecule has 8 saturated carbocycles. The van der Waals surface area contributed by atoms with Crippen LogP contribution in [0.5, 0.6) is 17.2 Å². The van der Waals surface area contributed by atoms with E-state index in [1.807, 2.05) is 125 Å². The van der Waals surface area contributed by atoms with Gasteiger partial charge in [0.05, 0.1) is 22.8 Å². The number of esters is 2. The van der Waals surface area contributed by atoms with Crippen molar-refractivity contribution in [2.24, 2.45) is 58.7 Å². The molecule has 2 N–H and O–H groups in total. The Hall–Kier alpha value is -8.11. The summed E-state index contributed by atoms with van der Waals surface area (Å²) in [5.74, 6) is 10.7. The lowest BCUT2D eigenvalue weighted by molar-refractivity contribution is -0.218. The van der Waals surface area contributed by atoms with Gasteiger partial charge in [0, 0.05) is 6.42 Å². The molecule has 738 valence electrons. The molecule has 8 unspecified atom stereocenters. The third kappa shape index (κ3) is 34.8. The van der Waals surface area contributed by atoms with E-state index >= 15 is 0 Å². The number of benzene rings is 9. The van der Waals surface area contributed by atoms with Gasteiger partial charge in [-0.05, 0) is 368 Å². The van der Waals surface area contributed by atoms with Crippen molar-refractivity contribution in [3.05, 3.63) is 264 Å². The fourth-order valence-electron chi connectivity index (χ4n) is 18.8. The maximum absolute atomic E-state index is 13.2. The van der Waals surface area contributed by atoms with Crippen LogP contribution in [-0.2, 0) is 64.6 Å². The van der Waals surface area contributed by atoms with Gasteiger partial charge in [-0.1, -0.05) is 269 Å². The first-order valence-corrected chi connectivity index (χ1v) is 53.1. The Labute approximate surface area is 814 Å². The number of phenolic OH excluding ortho intramolecular Hbond substituents is 2. The largest absolute Gasteiger partial charge is 0.744 e. The van der Waals surface area contributed by atoms with Crippen LogP contribution < -0.4 is 4.74 Å². The van der Waals surface area contributed by atoms with E-state index in [4.69, 9.17) is 24.4 Å². The highest BCUT2D eigenvalue weighted by Gasteiger charge is 2.60. The maximum atomic E-state index is 13.2. The Kier molecular flexibility index (Phi) is 47.4. The Bertz CT molecular complexity index is 4950. The van der Waals surface area contributed by atoms with Crippen LogP contribution in [-0.4, -0.2) is 77.3 Å². The number of hydrogen-bond donors (Lipinski definition) is 2. The lowest BCUT2D eigenvalue weighted by Crippen LogP contribution is -2.60. The molecule has 8 aliphatic carbocycles. The van der Waals surface area contributed by atoms with Crippen LogP contribution in [0.3, 0.4) is 0 Å². The van der Waals surface area contributed by atoms with Crippen LogP contribution in [0.15, 0.2) is 245 Å². The van der Waals surface area contributed by atoms with Crippen molar-refractivity contribution in [3.8, 4) is 17.2 Å². The standard InChI is InChI=1S/C18H30O2.C16H26O2.C14H19F3O4S.C14H16.C10H14O3S.2C10H14O.C10H14.2C6H6S/c1-5-17(3,4)16(19)20-18(6-2)14-8-12-7-13(10-14)11-15(18)9-12;1-4-10(2)15(17)18-16(3)13-6-11-5-12(8-13)9-14(16)7-11;1-3-10(2)11-4-6-12(7-5-11)21-9-8-13(15)14(16,17)22(18,19)20;1-3-11(2)13-10-6-8-12-7-4-5-9-14(12)13;1-3-8(2)9-4-6-10(7-5-9)14(11,12)13;2*1-3-8(2)9-4-6-10(11)7-5-9;1-3-9(2)10-7-5-4-6-8-10;2*7-6-4-2-1-3-5-6/h12-15H,5-11H2,1-4H3;10-14H,4-9H2,1-3H3;4-7,10,13H,3,8-9H2,1-2H3,(H,18,19,20);4-11H,3H2,1-2H3;4-8H,3H2,1-2H3,(H,11,12,13);2*4-8,11H,3H2,1-2H3;4-9H,3H2,1-2H3;2*1-5,7H. The van der Waals surface area contributed by atoms with E-state index in [9.17, 15) is 48.7 Å². The number of alkyl halides is 3. The van der Waals surface area contributed by atoms with Gasteiger partial charge in [0.1, 0.15) is 48.4 Å². The molecule has 8 atom stereocenters. The molecular weight excluding hydrogens is 1760 g/mol. The smallest absolute Gasteiger partial charge is 0.364 e. The Morgan fingerprint density at radius 2 is 0.784 bits per heavy atom. The van der Waals surface area contributed by atoms with Crippen molar-refractivity contribution < 1.29 is 73.1 Å². The number of carbonyl (C=O) groups excluding carboxylic acids is 2. The highest BCUT2D eigenvalue weighted by molar-refractivity contribution is 7.86. The zero-order valence-electron chi connectivity index (χ0n) is 83.4. The molecule has 0 amide bonds. The van der Waals surface area contributed by atoms with Crippen molar-refractivity contribution in [1.82, 2.24) is 0 Å². The van der Waals surface area contributed by atoms with E-state index in [1.165, 1.54) is 122 Å². The quantitative estimate of drug-likeness (QED) is 0.0293. The summed E-state index contributed by atoms with van der Waals surface area (Å²) in [7, 11) is -10.3. The average molecular weight is 1920 g/mol. The molecule has 13 nitrogen and oxygen atoms in total. The summed E-state index contributed by atoms with van der Waals surface area (Å²) >= 11 is 6.71. The summed E-state index contributed by atoms with van der Waals surface area (Å²) in [5, 5.41) is 15.8. The second-order valence-electron chi connectivity index (χ2n) is 38.9. The van der Waals surface area contributed by atoms with E-state index in [-0.39, 0.29) is 39.4 Å². The zero-order valence-corrected chi connectivity index (χ0v) is 87.0. The van der Waals surface area contributed by atoms with Crippen LogP contribution in [0.4, 0.5) is 13.2 Å². The molecule has 9 aromatic rings. The molecule has 0 saturated heterocycles. The van der Waals surface area contributed by atoms with E-state index in [2.05, 4.69) is 202 Å². The monoisotopic (exact) mass is 1920 g/mol. The van der Waals surface area contributed by atoms with Gasteiger partial charge >= 0.3 is 17.2 Å². The van der Waals surface area contributed by atoms with Gasteiger partial charge in [-0.3, -0.25) is 9.59 Å². The predicted molar refractivity (Wildman–Crippen MR) is 550 cm³/mol. The third-order valence-electron chi connectivity index (χ3n) is 29.3. The number of phenols is 2. The van der Waals surface area contributed by atoms with Gasteiger partial charge in [0.15, 0.2) is 16.3 Å². The zero-order chi connectivity index (χ0) is 99.3. The number of fused-ring (bicyclic) bond motifs is 1. The van der Waals surface area contributed by atoms with Crippen molar-refractivity contribution >= 4 is 68.2 Å². The summed E-state index contributed by atoms with van der Waals surface area (Å²) in [6.45, 7) is 40.1. The van der Waals surface area contributed by atoms with Gasteiger partial charge in [0.2, 0.25) is 0 Å². The van der Waals surface area contributed by atoms with E-state index < -0.39 is 44.7 Å². The highest BCUT2D eigenvalue weighted by Crippen LogP contribution is 2.62. The summed E-state index contributed by atoms with van der Waals surface area (Å²) in [5.41, 5.74) is 7.05. The number of halogens is 3. The molecule has 0 spiro atoms. The van der Waals surface area contributed by atoms with Crippen LogP contribution in [0.1, 0.15) is 329 Å². The second-order valence-corrected chi connectivity index (χ2v) is 42.9. The minimum atomic E-state index is -6.03. The van der Waals surface area contributed by atoms with Crippen LogP contribution >= 0.6 is 0 Å². The molecule has 8 aliphatic rings. The number of ether oxygens (including phenoxy) is 3. The summed E-state index contributed by atoms with van der Waals surface area (Å²) in [6.07, 6.45) is 18.7. The molecular formula is C114H159F3O13S4. The first-order valence-electron chi connectivity index (χ1n) is 49.3. The molecule has 20 heteroatoms. The lowest BCUT2D eigenvalue weighted by Gasteiger charge is -2.60. The molecule has 8 fully saturated rings. The minimum absolute atomic E-state index is 0.0347. The van der Waals surface area contributed by atoms with Gasteiger partial charge in [-0.25, -0.2) is 21.2 Å². The van der Waals surface area contributed by atoms with Gasteiger partial charge in [0.25, 0.3) is 0 Å². The highest BCUT2D eigenvalue weighted by atomic mass is 32.2. The molecule has 0 radical (unpaired) electrons. The van der Waals surface area contributed by atoms with Gasteiger partial charge < -0.3 is 33.5 Å². The normalized spacial score (nSPS) is 22.0. The first kappa shape index (κ1) is 115. The molecule has 17 rings (SSSR count). The molecule has 0 aromatic heterocycles. The van der Waals surface area contributed by atoms with Crippen LogP contribution in [0.25, 0.3) is 10.8 Å². The topological polar surface area (TPSA) is 217 Å². The fourth-order valence-corrected chi connectivity index (χ4v) is 20.1.